The first-order valence-corrected chi connectivity index (χ1v) is 9.91. The number of halogens is 1. The van der Waals surface area contributed by atoms with Gasteiger partial charge < -0.3 is 14.8 Å². The minimum absolute atomic E-state index is 0.0164. The van der Waals surface area contributed by atoms with Crippen LogP contribution in [0.4, 0.5) is 4.39 Å². The number of esters is 1. The van der Waals surface area contributed by atoms with Crippen LogP contribution in [0.1, 0.15) is 38.7 Å². The summed E-state index contributed by atoms with van der Waals surface area (Å²) >= 11 is 0. The van der Waals surface area contributed by atoms with Gasteiger partial charge in [0.2, 0.25) is 5.78 Å². The summed E-state index contributed by atoms with van der Waals surface area (Å²) in [7, 11) is 1.36. The molecule has 3 aromatic carbocycles. The second-order valence-corrected chi connectivity index (χ2v) is 6.94. The van der Waals surface area contributed by atoms with Gasteiger partial charge in [0, 0.05) is 5.56 Å². The number of ketones is 1. The van der Waals surface area contributed by atoms with E-state index in [0.29, 0.717) is 11.1 Å². The van der Waals surface area contributed by atoms with Gasteiger partial charge >= 0.3 is 5.97 Å². The van der Waals surface area contributed by atoms with Crippen LogP contribution in [0.15, 0.2) is 78.9 Å². The molecular weight excluding hydrogens is 413 g/mol. The molecule has 0 saturated heterocycles. The molecule has 0 aliphatic carbocycles. The first-order chi connectivity index (χ1) is 15.5. The normalized spacial score (nSPS) is 11.3. The van der Waals surface area contributed by atoms with E-state index in [-0.39, 0.29) is 23.6 Å². The van der Waals surface area contributed by atoms with Crippen molar-refractivity contribution in [2.24, 2.45) is 0 Å². The fourth-order valence-electron chi connectivity index (χ4n) is 3.12. The zero-order valence-electron chi connectivity index (χ0n) is 17.4. The third-order valence-corrected chi connectivity index (χ3v) is 4.74. The highest BCUT2D eigenvalue weighted by molar-refractivity contribution is 6.00. The van der Waals surface area contributed by atoms with Crippen molar-refractivity contribution in [1.29, 1.82) is 0 Å². The maximum atomic E-state index is 13.5. The molecule has 0 heterocycles. The number of ether oxygens (including phenoxy) is 2. The lowest BCUT2D eigenvalue weighted by atomic mass is 10.0. The van der Waals surface area contributed by atoms with Crippen molar-refractivity contribution in [2.75, 3.05) is 13.7 Å². The lowest BCUT2D eigenvalue weighted by Crippen LogP contribution is -2.31. The van der Waals surface area contributed by atoms with E-state index in [1.165, 1.54) is 19.2 Å². The Labute approximate surface area is 185 Å². The average molecular weight is 435 g/mol. The lowest BCUT2D eigenvalue weighted by Gasteiger charge is -2.19. The van der Waals surface area contributed by atoms with Crippen LogP contribution in [-0.4, -0.2) is 31.4 Å². The maximum absolute atomic E-state index is 13.5. The van der Waals surface area contributed by atoms with E-state index < -0.39 is 30.2 Å². The molecule has 0 saturated carbocycles. The van der Waals surface area contributed by atoms with Gasteiger partial charge in [0.1, 0.15) is 11.6 Å². The summed E-state index contributed by atoms with van der Waals surface area (Å²) in [5.74, 6) is -2.04. The summed E-state index contributed by atoms with van der Waals surface area (Å²) in [5.41, 5.74) is 1.15. The highest BCUT2D eigenvalue weighted by Gasteiger charge is 2.22. The van der Waals surface area contributed by atoms with Crippen LogP contribution in [-0.2, 0) is 9.53 Å². The monoisotopic (exact) mass is 435 g/mol. The van der Waals surface area contributed by atoms with Crippen LogP contribution in [0.3, 0.4) is 0 Å². The molecule has 3 rings (SSSR count). The van der Waals surface area contributed by atoms with Crippen molar-refractivity contribution < 1.29 is 28.2 Å². The Morgan fingerprint density at radius 1 is 0.938 bits per heavy atom. The van der Waals surface area contributed by atoms with Crippen LogP contribution in [0.25, 0.3) is 0 Å². The number of hydrogen-bond acceptors (Lipinski definition) is 5. The molecule has 3 aromatic rings. The van der Waals surface area contributed by atoms with Crippen LogP contribution in [0.2, 0.25) is 0 Å². The van der Waals surface area contributed by atoms with Crippen molar-refractivity contribution in [3.63, 3.8) is 0 Å². The largest absolute Gasteiger partial charge is 0.496 e. The highest BCUT2D eigenvalue weighted by Crippen LogP contribution is 2.21. The van der Waals surface area contributed by atoms with Gasteiger partial charge in [-0.1, -0.05) is 48.5 Å². The predicted octanol–water partition coefficient (Wildman–Crippen LogP) is 4.12. The Kier molecular flexibility index (Phi) is 7.70. The standard InChI is InChI=1S/C25H22FNO5/c1-31-23-13-12-19(26)14-20(23)22(28)16-32-24(29)15-21(17-8-4-2-5-9-17)27-25(30)18-10-6-3-7-11-18/h2-14,21H,15-16H2,1H3,(H,27,30). The summed E-state index contributed by atoms with van der Waals surface area (Å²) in [6.45, 7) is -0.577. The SMILES string of the molecule is COc1ccc(F)cc1C(=O)COC(=O)CC(NC(=O)c1ccccc1)c1ccccc1. The van der Waals surface area contributed by atoms with Crippen LogP contribution >= 0.6 is 0 Å². The molecule has 0 radical (unpaired) electrons. The molecule has 0 aliphatic rings. The predicted molar refractivity (Wildman–Crippen MR) is 116 cm³/mol. The van der Waals surface area contributed by atoms with Gasteiger partial charge in [-0.05, 0) is 35.9 Å². The van der Waals surface area contributed by atoms with Gasteiger partial charge in [-0.15, -0.1) is 0 Å². The molecule has 0 fully saturated rings. The summed E-state index contributed by atoms with van der Waals surface area (Å²) in [6, 6.07) is 20.5. The van der Waals surface area contributed by atoms with E-state index in [0.717, 1.165) is 6.07 Å². The van der Waals surface area contributed by atoms with E-state index in [9.17, 15) is 18.8 Å². The first kappa shape index (κ1) is 22.7. The van der Waals surface area contributed by atoms with E-state index in [1.807, 2.05) is 6.07 Å². The summed E-state index contributed by atoms with van der Waals surface area (Å²) in [5, 5.41) is 2.83. The fraction of sp³-hybridized carbons (Fsp3) is 0.160. The third-order valence-electron chi connectivity index (χ3n) is 4.74. The van der Waals surface area contributed by atoms with Crippen molar-refractivity contribution in [1.82, 2.24) is 5.32 Å². The minimum Gasteiger partial charge on any atom is -0.496 e. The number of Topliss-reactive ketones (excluding diaryl/α,β-unsaturated/α-hetero) is 1. The number of carbonyl (C=O) groups excluding carboxylic acids is 3. The summed E-state index contributed by atoms with van der Waals surface area (Å²) in [6.07, 6.45) is -0.184. The van der Waals surface area contributed by atoms with Gasteiger partial charge in [-0.3, -0.25) is 14.4 Å². The second-order valence-electron chi connectivity index (χ2n) is 6.94. The summed E-state index contributed by atoms with van der Waals surface area (Å²) < 4.78 is 23.7. The highest BCUT2D eigenvalue weighted by atomic mass is 19.1. The van der Waals surface area contributed by atoms with E-state index in [1.54, 1.807) is 54.6 Å². The van der Waals surface area contributed by atoms with E-state index in [4.69, 9.17) is 9.47 Å². The van der Waals surface area contributed by atoms with Gasteiger partial charge in [-0.2, -0.15) is 0 Å². The number of amides is 1. The molecule has 7 heteroatoms. The van der Waals surface area contributed by atoms with Crippen molar-refractivity contribution in [3.8, 4) is 5.75 Å². The topological polar surface area (TPSA) is 81.7 Å². The van der Waals surface area contributed by atoms with E-state index in [2.05, 4.69) is 5.32 Å². The van der Waals surface area contributed by atoms with Crippen molar-refractivity contribution in [2.45, 2.75) is 12.5 Å². The molecule has 1 N–H and O–H groups in total. The number of nitrogens with one attached hydrogen (secondary N) is 1. The Hall–Kier alpha value is -4.00. The first-order valence-electron chi connectivity index (χ1n) is 9.91. The lowest BCUT2D eigenvalue weighted by molar-refractivity contribution is -0.143. The van der Waals surface area contributed by atoms with E-state index >= 15 is 0 Å². The quantitative estimate of drug-likeness (QED) is 0.404. The molecule has 0 bridgehead atoms. The number of methoxy groups -OCH3 is 1. The molecule has 0 aromatic heterocycles. The Bertz CT molecular complexity index is 1090. The number of benzene rings is 3. The second kappa shape index (κ2) is 10.9. The molecule has 1 unspecified atom stereocenters. The molecule has 164 valence electrons. The van der Waals surface area contributed by atoms with Gasteiger partial charge in [0.05, 0.1) is 25.1 Å². The Morgan fingerprint density at radius 2 is 1.59 bits per heavy atom. The molecule has 6 nitrogen and oxygen atoms in total. The van der Waals surface area contributed by atoms with Crippen molar-refractivity contribution in [3.05, 3.63) is 101 Å². The molecule has 1 amide bonds. The fourth-order valence-corrected chi connectivity index (χ4v) is 3.12. The average Bonchev–Trinajstić information content (AvgIpc) is 2.83. The van der Waals surface area contributed by atoms with Crippen LogP contribution in [0.5, 0.6) is 5.75 Å². The van der Waals surface area contributed by atoms with Crippen LogP contribution in [0, 0.1) is 5.82 Å². The zero-order chi connectivity index (χ0) is 22.9. The van der Waals surface area contributed by atoms with Crippen LogP contribution < -0.4 is 10.1 Å². The molecule has 1 atom stereocenters. The zero-order valence-corrected chi connectivity index (χ0v) is 17.4. The molecular formula is C25H22FNO5. The van der Waals surface area contributed by atoms with Gasteiger partial charge in [-0.25, -0.2) is 4.39 Å². The Balaban J connectivity index is 1.67. The number of carbonyl (C=O) groups is 3. The minimum atomic E-state index is -0.684. The summed E-state index contributed by atoms with van der Waals surface area (Å²) in [4.78, 5) is 37.5. The Morgan fingerprint density at radius 3 is 2.25 bits per heavy atom. The number of rotatable bonds is 9. The maximum Gasteiger partial charge on any atom is 0.308 e. The number of hydrogen-bond donors (Lipinski definition) is 1. The molecule has 0 spiro atoms. The smallest absolute Gasteiger partial charge is 0.308 e. The van der Waals surface area contributed by atoms with Crippen molar-refractivity contribution >= 4 is 17.7 Å². The van der Waals surface area contributed by atoms with Gasteiger partial charge in [0.25, 0.3) is 5.91 Å². The van der Waals surface area contributed by atoms with Gasteiger partial charge in [0.15, 0.2) is 6.61 Å². The molecule has 32 heavy (non-hydrogen) atoms. The third kappa shape index (κ3) is 6.01. The molecule has 0 aliphatic heterocycles.